The number of ether oxygens (including phenoxy) is 1. The maximum atomic E-state index is 5.53. The first-order chi connectivity index (χ1) is 16.7. The van der Waals surface area contributed by atoms with Gasteiger partial charge in [0, 0.05) is 36.6 Å². The van der Waals surface area contributed by atoms with Crippen molar-refractivity contribution in [2.75, 3.05) is 36.5 Å². The van der Waals surface area contributed by atoms with Crippen molar-refractivity contribution in [3.63, 3.8) is 0 Å². The van der Waals surface area contributed by atoms with Crippen LogP contribution in [0.4, 0.5) is 17.5 Å². The second-order valence-corrected chi connectivity index (χ2v) is 8.51. The van der Waals surface area contributed by atoms with Crippen LogP contribution in [-0.2, 0) is 11.2 Å². The van der Waals surface area contributed by atoms with E-state index in [4.69, 9.17) is 19.7 Å². The Hall–Kier alpha value is -3.76. The standard InChI is InChI=1S/C27H28N6O/c1-3-4-8-23-19(2)14-21(17-28-23)25-16-26(32-27(31-25)33-10-12-34-13-11-33)30-22-15-20-7-5-6-9-24(20)29-18-22/h6,9,14-18H,3-4,8,10-13H2,1-2H3,(H,30,31,32). The van der Waals surface area contributed by atoms with Crippen molar-refractivity contribution in [3.05, 3.63) is 66.1 Å². The summed E-state index contributed by atoms with van der Waals surface area (Å²) in [5.41, 5.74) is 5.89. The highest BCUT2D eigenvalue weighted by molar-refractivity contribution is 5.81. The second kappa shape index (κ2) is 10.0. The number of aryl methyl sites for hydroxylation is 2. The lowest BCUT2D eigenvalue weighted by Crippen LogP contribution is -2.37. The normalized spacial score (nSPS) is 13.6. The van der Waals surface area contributed by atoms with Crippen LogP contribution in [0.2, 0.25) is 0 Å². The topological polar surface area (TPSA) is 76.1 Å². The monoisotopic (exact) mass is 452 g/mol. The minimum Gasteiger partial charge on any atom is -0.378 e. The number of anilines is 3. The first-order valence-electron chi connectivity index (χ1n) is 11.8. The van der Waals surface area contributed by atoms with Gasteiger partial charge in [0.05, 0.1) is 41.7 Å². The Balaban J connectivity index is 1.50. The number of unbranched alkanes of at least 4 members (excludes halogenated alkanes) is 1. The lowest BCUT2D eigenvalue weighted by atomic mass is 10.1. The van der Waals surface area contributed by atoms with Crippen LogP contribution in [0.15, 0.2) is 42.7 Å². The summed E-state index contributed by atoms with van der Waals surface area (Å²) in [6, 6.07) is 16.0. The summed E-state index contributed by atoms with van der Waals surface area (Å²) in [7, 11) is 0. The zero-order valence-corrected chi connectivity index (χ0v) is 19.6. The third-order valence-electron chi connectivity index (χ3n) is 5.98. The SMILES string of the molecule is CCCCc1ncc(-c2cc(Nc3cnc4ccc#cc4c3)nc(N3CCOCC3)n2)cc1C. The van der Waals surface area contributed by atoms with E-state index in [1.807, 2.05) is 30.5 Å². The van der Waals surface area contributed by atoms with Gasteiger partial charge in [-0.3, -0.25) is 9.97 Å². The van der Waals surface area contributed by atoms with Gasteiger partial charge in [0.2, 0.25) is 5.95 Å². The van der Waals surface area contributed by atoms with Crippen LogP contribution in [0.1, 0.15) is 31.0 Å². The lowest BCUT2D eigenvalue weighted by molar-refractivity contribution is 0.122. The number of aromatic nitrogens is 4. The summed E-state index contributed by atoms with van der Waals surface area (Å²) in [6.07, 6.45) is 7.04. The molecule has 0 radical (unpaired) electrons. The predicted octanol–water partition coefficient (Wildman–Crippen LogP) is 4.92. The molecule has 0 amide bonds. The van der Waals surface area contributed by atoms with Gasteiger partial charge in [0.1, 0.15) is 5.82 Å². The number of hydrogen-bond acceptors (Lipinski definition) is 7. The summed E-state index contributed by atoms with van der Waals surface area (Å²) >= 11 is 0. The molecule has 4 heterocycles. The van der Waals surface area contributed by atoms with E-state index in [0.29, 0.717) is 25.0 Å². The third kappa shape index (κ3) is 4.92. The lowest BCUT2D eigenvalue weighted by Gasteiger charge is -2.27. The molecule has 1 saturated heterocycles. The molecule has 5 rings (SSSR count). The summed E-state index contributed by atoms with van der Waals surface area (Å²) in [5, 5.41) is 4.31. The number of nitrogens with zero attached hydrogens (tertiary/aromatic N) is 5. The molecule has 0 aliphatic carbocycles. The molecule has 1 fully saturated rings. The van der Waals surface area contributed by atoms with E-state index in [1.165, 1.54) is 5.56 Å². The summed E-state index contributed by atoms with van der Waals surface area (Å²) in [6.45, 7) is 7.19. The summed E-state index contributed by atoms with van der Waals surface area (Å²) < 4.78 is 5.53. The van der Waals surface area contributed by atoms with E-state index < -0.39 is 0 Å². The van der Waals surface area contributed by atoms with Crippen molar-refractivity contribution in [3.8, 4) is 11.3 Å². The van der Waals surface area contributed by atoms with Crippen molar-refractivity contribution >= 4 is 28.4 Å². The van der Waals surface area contributed by atoms with E-state index >= 15 is 0 Å². The van der Waals surface area contributed by atoms with Crippen molar-refractivity contribution in [2.45, 2.75) is 33.1 Å². The van der Waals surface area contributed by atoms with E-state index in [9.17, 15) is 0 Å². The van der Waals surface area contributed by atoms with Crippen LogP contribution in [0.5, 0.6) is 0 Å². The number of nitrogens with one attached hydrogen (secondary N) is 1. The molecule has 1 aromatic carbocycles. The number of pyridine rings is 2. The van der Waals surface area contributed by atoms with Gasteiger partial charge in [-0.1, -0.05) is 25.5 Å². The molecular weight excluding hydrogens is 424 g/mol. The Morgan fingerprint density at radius 3 is 2.79 bits per heavy atom. The summed E-state index contributed by atoms with van der Waals surface area (Å²) in [5.74, 6) is 1.39. The van der Waals surface area contributed by atoms with Gasteiger partial charge >= 0.3 is 0 Å². The minimum absolute atomic E-state index is 0.671. The first-order valence-corrected chi connectivity index (χ1v) is 11.8. The van der Waals surface area contributed by atoms with E-state index in [1.54, 1.807) is 6.20 Å². The highest BCUT2D eigenvalue weighted by Gasteiger charge is 2.17. The number of hydrogen-bond donors (Lipinski definition) is 1. The van der Waals surface area contributed by atoms with Gasteiger partial charge in [-0.25, -0.2) is 4.98 Å². The molecular formula is C27H28N6O. The minimum atomic E-state index is 0.671. The first kappa shape index (κ1) is 22.1. The van der Waals surface area contributed by atoms with E-state index in [0.717, 1.165) is 65.9 Å². The molecule has 0 saturated carbocycles. The van der Waals surface area contributed by atoms with Crippen LogP contribution in [-0.4, -0.2) is 46.2 Å². The highest BCUT2D eigenvalue weighted by atomic mass is 16.5. The smallest absolute Gasteiger partial charge is 0.228 e. The molecule has 1 N–H and O–H groups in total. The van der Waals surface area contributed by atoms with Gasteiger partial charge < -0.3 is 15.0 Å². The van der Waals surface area contributed by atoms with Crippen LogP contribution < -0.4 is 10.2 Å². The molecule has 34 heavy (non-hydrogen) atoms. The predicted molar refractivity (Wildman–Crippen MR) is 134 cm³/mol. The molecule has 172 valence electrons. The van der Waals surface area contributed by atoms with Crippen LogP contribution in [0.3, 0.4) is 0 Å². The molecule has 7 nitrogen and oxygen atoms in total. The van der Waals surface area contributed by atoms with Crippen molar-refractivity contribution < 1.29 is 4.74 Å². The second-order valence-electron chi connectivity index (χ2n) is 8.51. The number of fused-ring (bicyclic) bond motifs is 1. The third-order valence-corrected chi connectivity index (χ3v) is 5.98. The maximum Gasteiger partial charge on any atom is 0.228 e. The average Bonchev–Trinajstić information content (AvgIpc) is 2.88. The molecule has 0 bridgehead atoms. The fraction of sp³-hybridized carbons (Fsp3) is 0.333. The largest absolute Gasteiger partial charge is 0.378 e. The molecule has 0 unspecified atom stereocenters. The maximum absolute atomic E-state index is 5.53. The van der Waals surface area contributed by atoms with Gasteiger partial charge in [0.15, 0.2) is 0 Å². The van der Waals surface area contributed by atoms with E-state index in [-0.39, 0.29) is 0 Å². The Labute approximate surface area is 200 Å². The molecule has 1 aliphatic rings. The highest BCUT2D eigenvalue weighted by Crippen LogP contribution is 2.27. The Morgan fingerprint density at radius 2 is 1.97 bits per heavy atom. The van der Waals surface area contributed by atoms with Crippen LogP contribution in [0.25, 0.3) is 22.2 Å². The molecule has 0 spiro atoms. The van der Waals surface area contributed by atoms with E-state index in [2.05, 4.69) is 47.2 Å². The quantitative estimate of drug-likeness (QED) is 0.427. The average molecular weight is 453 g/mol. The number of morpholine rings is 1. The Bertz CT molecular complexity index is 1290. The molecule has 1 aliphatic heterocycles. The zero-order valence-electron chi connectivity index (χ0n) is 19.6. The Morgan fingerprint density at radius 1 is 1.09 bits per heavy atom. The zero-order chi connectivity index (χ0) is 23.3. The van der Waals surface area contributed by atoms with Gasteiger partial charge in [-0.2, -0.15) is 4.98 Å². The number of rotatable bonds is 7. The van der Waals surface area contributed by atoms with Crippen LogP contribution >= 0.6 is 0 Å². The Kier molecular flexibility index (Phi) is 6.50. The van der Waals surface area contributed by atoms with Crippen molar-refractivity contribution in [1.29, 1.82) is 0 Å². The molecule has 4 aromatic rings. The van der Waals surface area contributed by atoms with Crippen molar-refractivity contribution in [2.24, 2.45) is 0 Å². The molecule has 3 aromatic heterocycles. The van der Waals surface area contributed by atoms with Crippen molar-refractivity contribution in [1.82, 2.24) is 19.9 Å². The van der Waals surface area contributed by atoms with Crippen LogP contribution in [0, 0.1) is 19.1 Å². The molecule has 7 heteroatoms. The van der Waals surface area contributed by atoms with Gasteiger partial charge in [-0.05, 0) is 49.6 Å². The fourth-order valence-electron chi connectivity index (χ4n) is 4.06. The fourth-order valence-corrected chi connectivity index (χ4v) is 4.06. The summed E-state index contributed by atoms with van der Waals surface area (Å²) in [4.78, 5) is 21.2. The van der Waals surface area contributed by atoms with Gasteiger partial charge in [0.25, 0.3) is 0 Å². The molecule has 0 atom stereocenters. The van der Waals surface area contributed by atoms with Gasteiger partial charge in [-0.15, -0.1) is 0 Å².